The highest BCUT2D eigenvalue weighted by Gasteiger charge is 2.28. The van der Waals surface area contributed by atoms with Crippen molar-refractivity contribution in [3.63, 3.8) is 0 Å². The predicted molar refractivity (Wildman–Crippen MR) is 130 cm³/mol. The molecule has 5 rings (SSSR count). The summed E-state index contributed by atoms with van der Waals surface area (Å²) in [5.41, 5.74) is 5.75. The molecule has 0 saturated carbocycles. The number of carbonyl (C=O) groups excluding carboxylic acids is 1. The second kappa shape index (κ2) is 9.88. The van der Waals surface area contributed by atoms with Gasteiger partial charge in [-0.05, 0) is 49.6 Å². The van der Waals surface area contributed by atoms with Crippen molar-refractivity contribution in [3.05, 3.63) is 65.1 Å². The van der Waals surface area contributed by atoms with E-state index in [2.05, 4.69) is 5.10 Å². The van der Waals surface area contributed by atoms with Crippen LogP contribution in [0.3, 0.4) is 0 Å². The molecule has 0 unspecified atom stereocenters. The third kappa shape index (κ3) is 4.77. The Balaban J connectivity index is 1.61. The molecule has 0 radical (unpaired) electrons. The quantitative estimate of drug-likeness (QED) is 0.558. The minimum absolute atomic E-state index is 0.0700. The molecule has 2 fully saturated rings. The van der Waals surface area contributed by atoms with Gasteiger partial charge in [0.1, 0.15) is 17.6 Å². The first kappa shape index (κ1) is 24.8. The van der Waals surface area contributed by atoms with Gasteiger partial charge in [-0.15, -0.1) is 0 Å². The zero-order chi connectivity index (χ0) is 26.3. The van der Waals surface area contributed by atoms with Gasteiger partial charge in [-0.3, -0.25) is 4.79 Å². The second-order valence-corrected chi connectivity index (χ2v) is 9.43. The molecule has 2 atom stereocenters. The summed E-state index contributed by atoms with van der Waals surface area (Å²) in [6.07, 6.45) is 1.41. The first-order valence-corrected chi connectivity index (χ1v) is 12.0. The molecule has 2 aliphatic heterocycles. The minimum atomic E-state index is -0.936. The summed E-state index contributed by atoms with van der Waals surface area (Å²) < 4.78 is 46.3. The normalized spacial score (nSPS) is 19.8. The topological polar surface area (TPSA) is 111 Å². The van der Waals surface area contributed by atoms with E-state index in [-0.39, 0.29) is 40.8 Å². The number of nitriles is 1. The summed E-state index contributed by atoms with van der Waals surface area (Å²) in [6.45, 7) is 1.50. The molecule has 1 amide bonds. The van der Waals surface area contributed by atoms with Gasteiger partial charge in [-0.2, -0.15) is 10.4 Å². The molecule has 0 spiro atoms. The van der Waals surface area contributed by atoms with Crippen LogP contribution >= 0.6 is 0 Å². The monoisotopic (exact) mass is 510 g/mol. The Hall–Kier alpha value is -3.88. The Bertz CT molecular complexity index is 1380. The van der Waals surface area contributed by atoms with E-state index in [4.69, 9.17) is 11.0 Å². The number of aliphatic hydroxyl groups excluding tert-OH is 1. The lowest BCUT2D eigenvalue weighted by Crippen LogP contribution is -2.45. The third-order valence-corrected chi connectivity index (χ3v) is 6.80. The van der Waals surface area contributed by atoms with Gasteiger partial charge in [-0.1, -0.05) is 6.07 Å². The van der Waals surface area contributed by atoms with E-state index in [9.17, 15) is 14.3 Å². The first-order chi connectivity index (χ1) is 17.7. The summed E-state index contributed by atoms with van der Waals surface area (Å²) in [4.78, 5) is 16.4. The first-order valence-electron chi connectivity index (χ1n) is 12.0. The number of piperidine rings is 1. The number of carbonyl (C=O) groups is 1. The highest BCUT2D eigenvalue weighted by atomic mass is 19.1. The SMILES string of the molecule is N#Cc1ccc(-c2cc(C(=O)N3CCC[C@@H](N)C3)nn2-c2c(F)cc(N3CC[C@H](O)C3)cc2F)cc1F. The van der Waals surface area contributed by atoms with Crippen LogP contribution in [0.5, 0.6) is 0 Å². The van der Waals surface area contributed by atoms with Crippen LogP contribution in [-0.2, 0) is 0 Å². The number of benzene rings is 2. The van der Waals surface area contributed by atoms with Gasteiger partial charge < -0.3 is 20.6 Å². The van der Waals surface area contributed by atoms with Crippen LogP contribution < -0.4 is 10.6 Å². The molecule has 3 aromatic rings. The highest BCUT2D eigenvalue weighted by molar-refractivity contribution is 5.94. The van der Waals surface area contributed by atoms with E-state index in [1.54, 1.807) is 15.9 Å². The van der Waals surface area contributed by atoms with E-state index in [1.165, 1.54) is 18.2 Å². The highest BCUT2D eigenvalue weighted by Crippen LogP contribution is 2.32. The van der Waals surface area contributed by atoms with E-state index in [0.29, 0.717) is 26.1 Å². The number of amides is 1. The zero-order valence-electron chi connectivity index (χ0n) is 19.9. The number of nitrogens with two attached hydrogens (primary N) is 1. The number of anilines is 1. The molecule has 3 heterocycles. The van der Waals surface area contributed by atoms with Crippen molar-refractivity contribution in [2.24, 2.45) is 5.73 Å². The van der Waals surface area contributed by atoms with Crippen molar-refractivity contribution in [1.82, 2.24) is 14.7 Å². The summed E-state index contributed by atoms with van der Waals surface area (Å²) in [5, 5.41) is 23.1. The Morgan fingerprint density at radius 1 is 1.05 bits per heavy atom. The maximum Gasteiger partial charge on any atom is 0.274 e. The van der Waals surface area contributed by atoms with Gasteiger partial charge >= 0.3 is 0 Å². The molecule has 11 heteroatoms. The molecular formula is C26H25F3N6O2. The van der Waals surface area contributed by atoms with Crippen molar-refractivity contribution in [3.8, 4) is 23.0 Å². The fraction of sp³-hybridized carbons (Fsp3) is 0.346. The van der Waals surface area contributed by atoms with Gasteiger partial charge in [0.05, 0.1) is 17.4 Å². The molecule has 0 aliphatic carbocycles. The molecule has 0 bridgehead atoms. The van der Waals surface area contributed by atoms with Gasteiger partial charge in [0.25, 0.3) is 5.91 Å². The fourth-order valence-corrected chi connectivity index (χ4v) is 4.90. The molecular weight excluding hydrogens is 485 g/mol. The van der Waals surface area contributed by atoms with Gasteiger partial charge in [0, 0.05) is 43.5 Å². The largest absolute Gasteiger partial charge is 0.391 e. The summed E-state index contributed by atoms with van der Waals surface area (Å²) in [5.74, 6) is -3.14. The number of β-amino-alcohol motifs (C(OH)–C–C–N with tert-alkyl or cyclic N) is 1. The maximum absolute atomic E-state index is 15.4. The van der Waals surface area contributed by atoms with Crippen molar-refractivity contribution in [2.75, 3.05) is 31.1 Å². The average Bonchev–Trinajstić information content (AvgIpc) is 3.50. The van der Waals surface area contributed by atoms with Crippen LogP contribution in [0.4, 0.5) is 18.9 Å². The maximum atomic E-state index is 15.4. The van der Waals surface area contributed by atoms with Crippen molar-refractivity contribution >= 4 is 11.6 Å². The number of likely N-dealkylation sites (tertiary alicyclic amines) is 1. The van der Waals surface area contributed by atoms with Crippen molar-refractivity contribution < 1.29 is 23.1 Å². The van der Waals surface area contributed by atoms with Gasteiger partial charge in [0.15, 0.2) is 17.3 Å². The second-order valence-electron chi connectivity index (χ2n) is 9.43. The Labute approximate surface area is 211 Å². The molecule has 1 aromatic heterocycles. The lowest BCUT2D eigenvalue weighted by atomic mass is 10.1. The van der Waals surface area contributed by atoms with E-state index in [0.717, 1.165) is 35.7 Å². The van der Waals surface area contributed by atoms with Crippen molar-refractivity contribution in [1.29, 1.82) is 5.26 Å². The summed E-state index contributed by atoms with van der Waals surface area (Å²) in [7, 11) is 0. The number of halogens is 3. The Morgan fingerprint density at radius 2 is 1.81 bits per heavy atom. The number of nitrogens with zero attached hydrogens (tertiary/aromatic N) is 5. The smallest absolute Gasteiger partial charge is 0.274 e. The van der Waals surface area contributed by atoms with Crippen LogP contribution in [0.25, 0.3) is 16.9 Å². The summed E-state index contributed by atoms with van der Waals surface area (Å²) in [6, 6.07) is 8.94. The van der Waals surface area contributed by atoms with E-state index < -0.39 is 35.2 Å². The van der Waals surface area contributed by atoms with E-state index in [1.807, 2.05) is 0 Å². The summed E-state index contributed by atoms with van der Waals surface area (Å²) >= 11 is 0. The molecule has 8 nitrogen and oxygen atoms in total. The fourth-order valence-electron chi connectivity index (χ4n) is 4.90. The average molecular weight is 511 g/mol. The molecule has 37 heavy (non-hydrogen) atoms. The lowest BCUT2D eigenvalue weighted by Gasteiger charge is -2.30. The van der Waals surface area contributed by atoms with Crippen LogP contribution in [0, 0.1) is 28.8 Å². The van der Waals surface area contributed by atoms with E-state index >= 15 is 8.78 Å². The third-order valence-electron chi connectivity index (χ3n) is 6.80. The van der Waals surface area contributed by atoms with Crippen LogP contribution in [0.1, 0.15) is 35.3 Å². The number of aliphatic hydroxyl groups is 1. The molecule has 2 aliphatic rings. The van der Waals surface area contributed by atoms with Crippen LogP contribution in [0.2, 0.25) is 0 Å². The lowest BCUT2D eigenvalue weighted by molar-refractivity contribution is 0.0702. The molecule has 192 valence electrons. The number of hydrogen-bond acceptors (Lipinski definition) is 6. The minimum Gasteiger partial charge on any atom is -0.391 e. The van der Waals surface area contributed by atoms with Crippen LogP contribution in [0.15, 0.2) is 36.4 Å². The molecule has 3 N–H and O–H groups in total. The number of aromatic nitrogens is 2. The number of rotatable bonds is 4. The Morgan fingerprint density at radius 3 is 2.43 bits per heavy atom. The molecule has 2 saturated heterocycles. The van der Waals surface area contributed by atoms with Gasteiger partial charge in [0.2, 0.25) is 0 Å². The Kier molecular flexibility index (Phi) is 6.62. The van der Waals surface area contributed by atoms with Crippen molar-refractivity contribution in [2.45, 2.75) is 31.4 Å². The van der Waals surface area contributed by atoms with Gasteiger partial charge in [-0.25, -0.2) is 17.9 Å². The predicted octanol–water partition coefficient (Wildman–Crippen LogP) is 2.96. The van der Waals surface area contributed by atoms with Crippen LogP contribution in [-0.4, -0.2) is 64.0 Å². The standard InChI is InChI=1S/C26H25F3N6O2/c27-20-8-15(3-4-16(20)12-30)24-11-23(26(37)34-6-1-2-17(31)13-34)32-35(24)25-21(28)9-18(10-22(25)29)33-7-5-19(36)14-33/h3-4,8-11,17,19,36H,1-2,5-7,13-14,31H2/t17-,19+/m1/s1. The zero-order valence-corrected chi connectivity index (χ0v) is 19.9. The molecule has 2 aromatic carbocycles. The number of hydrogen-bond donors (Lipinski definition) is 2.